The molecule has 1 aromatic heterocycles. The summed E-state index contributed by atoms with van der Waals surface area (Å²) in [5.74, 6) is 1.13. The van der Waals surface area contributed by atoms with Crippen molar-refractivity contribution in [3.8, 4) is 0 Å². The summed E-state index contributed by atoms with van der Waals surface area (Å²) >= 11 is 1.29. The van der Waals surface area contributed by atoms with Crippen LogP contribution in [0.1, 0.15) is 31.6 Å². The molecule has 15 heavy (non-hydrogen) atoms. The number of hydrogen-bond acceptors (Lipinski definition) is 5. The minimum atomic E-state index is -0.206. The van der Waals surface area contributed by atoms with Crippen LogP contribution in [0.3, 0.4) is 0 Å². The molecule has 1 aromatic rings. The second kappa shape index (κ2) is 4.22. The van der Waals surface area contributed by atoms with Gasteiger partial charge in [-0.15, -0.1) is 10.2 Å². The topological polar surface area (TPSA) is 68.0 Å². The standard InChI is InChI=1S/C9H13N3O2S/c1-5(7(13)10-2)15-9-12-11-8(14-9)6-3-4-6/h5-6H,3-4H2,1-2H3,(H,10,13)/t5-/m1/s1. The molecule has 0 radical (unpaired) electrons. The lowest BCUT2D eigenvalue weighted by molar-refractivity contribution is -0.119. The lowest BCUT2D eigenvalue weighted by Gasteiger charge is -2.04. The van der Waals surface area contributed by atoms with Gasteiger partial charge in [0.05, 0.1) is 5.25 Å². The minimum Gasteiger partial charge on any atom is -0.416 e. The van der Waals surface area contributed by atoms with Gasteiger partial charge in [-0.3, -0.25) is 4.79 Å². The van der Waals surface area contributed by atoms with Crippen molar-refractivity contribution in [3.63, 3.8) is 0 Å². The third-order valence-corrected chi connectivity index (χ3v) is 3.18. The Morgan fingerprint density at radius 3 is 2.93 bits per heavy atom. The van der Waals surface area contributed by atoms with E-state index in [4.69, 9.17) is 4.42 Å². The molecule has 1 N–H and O–H groups in total. The fraction of sp³-hybridized carbons (Fsp3) is 0.667. The fourth-order valence-corrected chi connectivity index (χ4v) is 1.92. The average Bonchev–Trinajstić information content (AvgIpc) is 2.99. The fourth-order valence-electron chi connectivity index (χ4n) is 1.17. The zero-order valence-corrected chi connectivity index (χ0v) is 9.50. The van der Waals surface area contributed by atoms with Crippen molar-refractivity contribution in [1.82, 2.24) is 15.5 Å². The molecule has 0 spiro atoms. The SMILES string of the molecule is CNC(=O)[C@@H](C)Sc1nnc(C2CC2)o1. The van der Waals surface area contributed by atoms with Crippen LogP contribution in [0, 0.1) is 0 Å². The molecule has 0 aliphatic heterocycles. The van der Waals surface area contributed by atoms with Gasteiger partial charge in [0.15, 0.2) is 0 Å². The Bertz CT molecular complexity index is 362. The van der Waals surface area contributed by atoms with Crippen LogP contribution < -0.4 is 5.32 Å². The summed E-state index contributed by atoms with van der Waals surface area (Å²) < 4.78 is 5.43. The molecule has 0 aromatic carbocycles. The van der Waals surface area contributed by atoms with Gasteiger partial charge in [-0.25, -0.2) is 0 Å². The summed E-state index contributed by atoms with van der Waals surface area (Å²) in [6.07, 6.45) is 2.27. The first-order valence-corrected chi connectivity index (χ1v) is 5.80. The predicted molar refractivity (Wildman–Crippen MR) is 55.7 cm³/mol. The van der Waals surface area contributed by atoms with Gasteiger partial charge in [0.2, 0.25) is 11.8 Å². The second-order valence-electron chi connectivity index (χ2n) is 3.55. The molecule has 1 aliphatic carbocycles. The molecule has 82 valence electrons. The number of aromatic nitrogens is 2. The summed E-state index contributed by atoms with van der Waals surface area (Å²) in [6.45, 7) is 1.81. The number of carbonyl (C=O) groups excluding carboxylic acids is 1. The molecule has 1 fully saturated rings. The van der Waals surface area contributed by atoms with E-state index in [0.717, 1.165) is 12.8 Å². The van der Waals surface area contributed by atoms with Gasteiger partial charge in [0, 0.05) is 13.0 Å². The minimum absolute atomic E-state index is 0.0360. The molecule has 5 nitrogen and oxygen atoms in total. The summed E-state index contributed by atoms with van der Waals surface area (Å²) in [4.78, 5) is 11.2. The molecule has 1 amide bonds. The zero-order valence-electron chi connectivity index (χ0n) is 8.69. The first kappa shape index (κ1) is 10.5. The number of hydrogen-bond donors (Lipinski definition) is 1. The number of amides is 1. The van der Waals surface area contributed by atoms with E-state index in [2.05, 4.69) is 15.5 Å². The van der Waals surface area contributed by atoms with Crippen LogP contribution >= 0.6 is 11.8 Å². The molecule has 0 saturated heterocycles. The Morgan fingerprint density at radius 1 is 1.60 bits per heavy atom. The Balaban J connectivity index is 1.94. The molecule has 1 heterocycles. The third-order valence-electron chi connectivity index (χ3n) is 2.24. The second-order valence-corrected chi connectivity index (χ2v) is 4.85. The molecule has 6 heteroatoms. The molecule has 1 saturated carbocycles. The van der Waals surface area contributed by atoms with Crippen molar-refractivity contribution in [3.05, 3.63) is 5.89 Å². The van der Waals surface area contributed by atoms with Crippen molar-refractivity contribution in [2.24, 2.45) is 0 Å². The predicted octanol–water partition coefficient (Wildman–Crippen LogP) is 1.17. The average molecular weight is 227 g/mol. The van der Waals surface area contributed by atoms with Gasteiger partial charge in [0.25, 0.3) is 5.22 Å². The highest BCUT2D eigenvalue weighted by Gasteiger charge is 2.29. The third kappa shape index (κ3) is 2.50. The molecule has 2 rings (SSSR count). The van der Waals surface area contributed by atoms with Gasteiger partial charge in [-0.05, 0) is 19.8 Å². The Labute approximate surface area is 92.0 Å². The van der Waals surface area contributed by atoms with Crippen LogP contribution in [0.4, 0.5) is 0 Å². The van der Waals surface area contributed by atoms with E-state index in [1.807, 2.05) is 6.92 Å². The van der Waals surface area contributed by atoms with Gasteiger partial charge >= 0.3 is 0 Å². The van der Waals surface area contributed by atoms with Gasteiger partial charge in [-0.1, -0.05) is 11.8 Å². The highest BCUT2D eigenvalue weighted by molar-refractivity contribution is 8.00. The van der Waals surface area contributed by atoms with Gasteiger partial charge in [0.1, 0.15) is 0 Å². The van der Waals surface area contributed by atoms with E-state index in [1.165, 1.54) is 11.8 Å². The maximum absolute atomic E-state index is 11.2. The molecule has 0 unspecified atom stereocenters. The van der Waals surface area contributed by atoms with Crippen molar-refractivity contribution >= 4 is 17.7 Å². The highest BCUT2D eigenvalue weighted by atomic mass is 32.2. The number of nitrogens with one attached hydrogen (secondary N) is 1. The van der Waals surface area contributed by atoms with E-state index in [-0.39, 0.29) is 11.2 Å². The quantitative estimate of drug-likeness (QED) is 0.782. The number of carbonyl (C=O) groups is 1. The van der Waals surface area contributed by atoms with E-state index in [1.54, 1.807) is 7.05 Å². The number of nitrogens with zero attached hydrogens (tertiary/aromatic N) is 2. The van der Waals surface area contributed by atoms with Crippen LogP contribution in [0.5, 0.6) is 0 Å². The van der Waals surface area contributed by atoms with E-state index in [0.29, 0.717) is 17.0 Å². The van der Waals surface area contributed by atoms with Gasteiger partial charge < -0.3 is 9.73 Å². The number of thioether (sulfide) groups is 1. The molecule has 0 bridgehead atoms. The van der Waals surface area contributed by atoms with E-state index >= 15 is 0 Å². The van der Waals surface area contributed by atoms with Crippen LogP contribution in [0.25, 0.3) is 0 Å². The van der Waals surface area contributed by atoms with Crippen molar-refractivity contribution < 1.29 is 9.21 Å². The Kier molecular flexibility index (Phi) is 2.95. The Hall–Kier alpha value is -1.04. The van der Waals surface area contributed by atoms with Crippen LogP contribution in [-0.2, 0) is 4.79 Å². The largest absolute Gasteiger partial charge is 0.416 e. The van der Waals surface area contributed by atoms with Crippen LogP contribution in [-0.4, -0.2) is 28.4 Å². The first-order valence-electron chi connectivity index (χ1n) is 4.92. The summed E-state index contributed by atoms with van der Waals surface area (Å²) in [5, 5.41) is 10.7. The van der Waals surface area contributed by atoms with Crippen LogP contribution in [0.2, 0.25) is 0 Å². The lowest BCUT2D eigenvalue weighted by atomic mass is 10.4. The summed E-state index contributed by atoms with van der Waals surface area (Å²) in [5.41, 5.74) is 0. The van der Waals surface area contributed by atoms with E-state index in [9.17, 15) is 4.79 Å². The van der Waals surface area contributed by atoms with Crippen molar-refractivity contribution in [2.45, 2.75) is 36.2 Å². The lowest BCUT2D eigenvalue weighted by Crippen LogP contribution is -2.27. The molecular formula is C9H13N3O2S. The summed E-state index contributed by atoms with van der Waals surface area (Å²) in [7, 11) is 1.61. The molecule has 1 atom stereocenters. The molecular weight excluding hydrogens is 214 g/mol. The van der Waals surface area contributed by atoms with Gasteiger partial charge in [-0.2, -0.15) is 0 Å². The van der Waals surface area contributed by atoms with Crippen molar-refractivity contribution in [1.29, 1.82) is 0 Å². The van der Waals surface area contributed by atoms with Crippen molar-refractivity contribution in [2.75, 3.05) is 7.05 Å². The molecule has 1 aliphatic rings. The maximum atomic E-state index is 11.2. The Morgan fingerprint density at radius 2 is 2.33 bits per heavy atom. The smallest absolute Gasteiger partial charge is 0.277 e. The zero-order chi connectivity index (χ0) is 10.8. The normalized spacial score (nSPS) is 17.5. The monoisotopic (exact) mass is 227 g/mol. The van der Waals surface area contributed by atoms with Crippen LogP contribution in [0.15, 0.2) is 9.64 Å². The maximum Gasteiger partial charge on any atom is 0.277 e. The number of rotatable bonds is 4. The summed E-state index contributed by atoms with van der Waals surface area (Å²) in [6, 6.07) is 0. The highest BCUT2D eigenvalue weighted by Crippen LogP contribution is 2.40. The van der Waals surface area contributed by atoms with E-state index < -0.39 is 0 Å². The first-order chi connectivity index (χ1) is 7.20.